The molecule has 1 heterocycles. The van der Waals surface area contributed by atoms with Crippen LogP contribution in [0.15, 0.2) is 12.7 Å². The lowest BCUT2D eigenvalue weighted by Gasteiger charge is -2.31. The lowest BCUT2D eigenvalue weighted by molar-refractivity contribution is -0.132. The van der Waals surface area contributed by atoms with Crippen LogP contribution < -0.4 is 5.32 Å². The Balaban J connectivity index is 2.48. The topological polar surface area (TPSA) is 69.6 Å². The standard InChI is InChI=1S/C13H22N2O3/c1-4-11(16)15-7-5-6-10(8-15)12(17)14-9-13(2,3)18/h4,10,18H,1,5-9H2,2-3H3,(H,14,17). The van der Waals surface area contributed by atoms with E-state index in [9.17, 15) is 14.7 Å². The van der Waals surface area contributed by atoms with Crippen molar-refractivity contribution in [1.29, 1.82) is 0 Å². The fourth-order valence-electron chi connectivity index (χ4n) is 1.97. The first-order valence-corrected chi connectivity index (χ1v) is 6.25. The van der Waals surface area contributed by atoms with Crippen LogP contribution in [0.25, 0.3) is 0 Å². The van der Waals surface area contributed by atoms with Gasteiger partial charge in [-0.25, -0.2) is 0 Å². The third-order valence-electron chi connectivity index (χ3n) is 2.97. The number of nitrogens with zero attached hydrogens (tertiary/aromatic N) is 1. The van der Waals surface area contributed by atoms with Gasteiger partial charge >= 0.3 is 0 Å². The second-order valence-corrected chi connectivity index (χ2v) is 5.36. The first-order valence-electron chi connectivity index (χ1n) is 6.25. The van der Waals surface area contributed by atoms with E-state index in [1.54, 1.807) is 18.7 Å². The van der Waals surface area contributed by atoms with Crippen LogP contribution >= 0.6 is 0 Å². The number of piperidine rings is 1. The molecular formula is C13H22N2O3. The average molecular weight is 254 g/mol. The molecule has 1 aliphatic heterocycles. The third kappa shape index (κ3) is 4.49. The minimum Gasteiger partial charge on any atom is -0.389 e. The largest absolute Gasteiger partial charge is 0.389 e. The molecule has 0 saturated carbocycles. The Morgan fingerprint density at radius 3 is 2.78 bits per heavy atom. The molecule has 1 aliphatic rings. The second-order valence-electron chi connectivity index (χ2n) is 5.36. The van der Waals surface area contributed by atoms with E-state index < -0.39 is 5.60 Å². The molecular weight excluding hydrogens is 232 g/mol. The number of nitrogens with one attached hydrogen (secondary N) is 1. The number of hydrogen-bond acceptors (Lipinski definition) is 3. The summed E-state index contributed by atoms with van der Waals surface area (Å²) in [5, 5.41) is 12.3. The molecule has 0 aliphatic carbocycles. The lowest BCUT2D eigenvalue weighted by Crippen LogP contribution is -2.47. The third-order valence-corrected chi connectivity index (χ3v) is 2.97. The molecule has 102 valence electrons. The Morgan fingerprint density at radius 2 is 2.22 bits per heavy atom. The number of amides is 2. The molecule has 0 spiro atoms. The van der Waals surface area contributed by atoms with Gasteiger partial charge in [0.25, 0.3) is 0 Å². The number of hydrogen-bond donors (Lipinski definition) is 2. The highest BCUT2D eigenvalue weighted by atomic mass is 16.3. The van der Waals surface area contributed by atoms with Gasteiger partial charge in [-0.15, -0.1) is 0 Å². The van der Waals surface area contributed by atoms with Crippen molar-refractivity contribution in [2.75, 3.05) is 19.6 Å². The number of carbonyl (C=O) groups excluding carboxylic acids is 2. The minimum absolute atomic E-state index is 0.0984. The predicted octanol–water partition coefficient (Wildman–Crippen LogP) is 0.298. The Bertz CT molecular complexity index is 334. The Morgan fingerprint density at radius 1 is 1.56 bits per heavy atom. The minimum atomic E-state index is -0.916. The molecule has 5 heteroatoms. The van der Waals surface area contributed by atoms with E-state index >= 15 is 0 Å². The van der Waals surface area contributed by atoms with Crippen LogP contribution in [-0.2, 0) is 9.59 Å². The van der Waals surface area contributed by atoms with E-state index in [0.29, 0.717) is 13.1 Å². The molecule has 0 aromatic heterocycles. The van der Waals surface area contributed by atoms with Gasteiger partial charge in [-0.05, 0) is 32.8 Å². The Labute approximate surface area is 108 Å². The highest BCUT2D eigenvalue weighted by Crippen LogP contribution is 2.17. The van der Waals surface area contributed by atoms with Crippen molar-refractivity contribution < 1.29 is 14.7 Å². The quantitative estimate of drug-likeness (QED) is 0.709. The van der Waals surface area contributed by atoms with Gasteiger partial charge in [0.2, 0.25) is 11.8 Å². The van der Waals surface area contributed by atoms with Crippen LogP contribution in [-0.4, -0.2) is 47.1 Å². The first-order chi connectivity index (χ1) is 8.33. The molecule has 0 aromatic carbocycles. The Hall–Kier alpha value is -1.36. The summed E-state index contributed by atoms with van der Waals surface area (Å²) in [7, 11) is 0. The average Bonchev–Trinajstić information content (AvgIpc) is 2.34. The van der Waals surface area contributed by atoms with Gasteiger partial charge in [0.1, 0.15) is 0 Å². The highest BCUT2D eigenvalue weighted by molar-refractivity contribution is 5.88. The monoisotopic (exact) mass is 254 g/mol. The zero-order chi connectivity index (χ0) is 13.8. The molecule has 18 heavy (non-hydrogen) atoms. The molecule has 2 amide bonds. The molecule has 0 bridgehead atoms. The number of rotatable bonds is 4. The smallest absolute Gasteiger partial charge is 0.245 e. The van der Waals surface area contributed by atoms with Crippen molar-refractivity contribution >= 4 is 11.8 Å². The summed E-state index contributed by atoms with van der Waals surface area (Å²) in [6.07, 6.45) is 2.87. The molecule has 5 nitrogen and oxygen atoms in total. The zero-order valence-electron chi connectivity index (χ0n) is 11.1. The van der Waals surface area contributed by atoms with Gasteiger partial charge in [0, 0.05) is 19.6 Å². The van der Waals surface area contributed by atoms with E-state index in [2.05, 4.69) is 11.9 Å². The summed E-state index contributed by atoms with van der Waals surface area (Å²) >= 11 is 0. The molecule has 2 N–H and O–H groups in total. The second kappa shape index (κ2) is 6.00. The van der Waals surface area contributed by atoms with Crippen molar-refractivity contribution in [2.45, 2.75) is 32.3 Å². The molecule has 1 atom stereocenters. The summed E-state index contributed by atoms with van der Waals surface area (Å²) in [6, 6.07) is 0. The van der Waals surface area contributed by atoms with Crippen molar-refractivity contribution in [3.05, 3.63) is 12.7 Å². The fraction of sp³-hybridized carbons (Fsp3) is 0.692. The predicted molar refractivity (Wildman–Crippen MR) is 68.8 cm³/mol. The van der Waals surface area contributed by atoms with Gasteiger partial charge in [0.15, 0.2) is 0 Å². The molecule has 0 radical (unpaired) electrons. The maximum Gasteiger partial charge on any atom is 0.245 e. The SMILES string of the molecule is C=CC(=O)N1CCCC(C(=O)NCC(C)(C)O)C1. The zero-order valence-corrected chi connectivity index (χ0v) is 11.1. The first kappa shape index (κ1) is 14.7. The van der Waals surface area contributed by atoms with E-state index in [1.165, 1.54) is 6.08 Å². The van der Waals surface area contributed by atoms with Crippen LogP contribution in [0, 0.1) is 5.92 Å². The van der Waals surface area contributed by atoms with E-state index in [4.69, 9.17) is 0 Å². The van der Waals surface area contributed by atoms with E-state index in [-0.39, 0.29) is 24.3 Å². The summed E-state index contributed by atoms with van der Waals surface area (Å²) in [5.41, 5.74) is -0.916. The molecule has 1 saturated heterocycles. The van der Waals surface area contributed by atoms with Gasteiger partial charge in [-0.2, -0.15) is 0 Å². The van der Waals surface area contributed by atoms with Crippen molar-refractivity contribution in [3.8, 4) is 0 Å². The van der Waals surface area contributed by atoms with Gasteiger partial charge in [0.05, 0.1) is 11.5 Å². The van der Waals surface area contributed by atoms with E-state index in [1.807, 2.05) is 0 Å². The van der Waals surface area contributed by atoms with Crippen LogP contribution in [0.2, 0.25) is 0 Å². The summed E-state index contributed by atoms with van der Waals surface area (Å²) in [6.45, 7) is 8.06. The number of aliphatic hydroxyl groups is 1. The van der Waals surface area contributed by atoms with Crippen molar-refractivity contribution in [3.63, 3.8) is 0 Å². The van der Waals surface area contributed by atoms with Crippen LogP contribution in [0.4, 0.5) is 0 Å². The lowest BCUT2D eigenvalue weighted by atomic mass is 9.96. The summed E-state index contributed by atoms with van der Waals surface area (Å²) in [5.74, 6) is -0.418. The van der Waals surface area contributed by atoms with Gasteiger partial charge in [-0.1, -0.05) is 6.58 Å². The van der Waals surface area contributed by atoms with Gasteiger partial charge < -0.3 is 15.3 Å². The normalized spacial score (nSPS) is 20.4. The van der Waals surface area contributed by atoms with Crippen molar-refractivity contribution in [2.24, 2.45) is 5.92 Å². The number of carbonyl (C=O) groups is 2. The van der Waals surface area contributed by atoms with Gasteiger partial charge in [-0.3, -0.25) is 9.59 Å². The van der Waals surface area contributed by atoms with E-state index in [0.717, 1.165) is 12.8 Å². The molecule has 1 unspecified atom stereocenters. The molecule has 0 aromatic rings. The van der Waals surface area contributed by atoms with Crippen molar-refractivity contribution in [1.82, 2.24) is 10.2 Å². The molecule has 1 fully saturated rings. The summed E-state index contributed by atoms with van der Waals surface area (Å²) in [4.78, 5) is 25.0. The van der Waals surface area contributed by atoms with Crippen LogP contribution in [0.3, 0.4) is 0 Å². The van der Waals surface area contributed by atoms with Crippen LogP contribution in [0.1, 0.15) is 26.7 Å². The Kier molecular flexibility index (Phi) is 4.90. The number of likely N-dealkylation sites (tertiary alicyclic amines) is 1. The molecule has 1 rings (SSSR count). The summed E-state index contributed by atoms with van der Waals surface area (Å²) < 4.78 is 0. The maximum atomic E-state index is 11.9. The van der Waals surface area contributed by atoms with Crippen LogP contribution in [0.5, 0.6) is 0 Å². The fourth-order valence-corrected chi connectivity index (χ4v) is 1.97. The highest BCUT2D eigenvalue weighted by Gasteiger charge is 2.28. The maximum absolute atomic E-state index is 11.9.